The van der Waals surface area contributed by atoms with Gasteiger partial charge in [-0.05, 0) is 49.3 Å². The van der Waals surface area contributed by atoms with Crippen LogP contribution in [0.2, 0.25) is 5.02 Å². The van der Waals surface area contributed by atoms with Gasteiger partial charge in [-0.3, -0.25) is 4.79 Å². The highest BCUT2D eigenvalue weighted by Gasteiger charge is 2.04. The number of thioether (sulfide) groups is 1. The molecular formula is C15H22ClNO2S. The van der Waals surface area contributed by atoms with Gasteiger partial charge in [0, 0.05) is 22.9 Å². The largest absolute Gasteiger partial charge is 0.393 e. The van der Waals surface area contributed by atoms with E-state index in [9.17, 15) is 9.90 Å². The zero-order valence-electron chi connectivity index (χ0n) is 11.8. The topological polar surface area (TPSA) is 49.3 Å². The summed E-state index contributed by atoms with van der Waals surface area (Å²) >= 11 is 7.54. The van der Waals surface area contributed by atoms with Crippen molar-refractivity contribution in [1.82, 2.24) is 5.32 Å². The van der Waals surface area contributed by atoms with E-state index in [1.165, 1.54) is 4.90 Å². The number of carbonyl (C=O) groups excluding carboxylic acids is 1. The number of aliphatic hydroxyl groups excluding tert-OH is 1. The Hall–Kier alpha value is -0.710. The number of rotatable bonds is 9. The van der Waals surface area contributed by atoms with Crippen molar-refractivity contribution >= 4 is 29.3 Å². The Morgan fingerprint density at radius 1 is 1.40 bits per heavy atom. The SMILES string of the molecule is CCC(O)CCNC(=O)CCCSc1ccc(Cl)cc1. The van der Waals surface area contributed by atoms with E-state index in [-0.39, 0.29) is 12.0 Å². The van der Waals surface area contributed by atoms with E-state index in [1.54, 1.807) is 11.8 Å². The van der Waals surface area contributed by atoms with Crippen molar-refractivity contribution in [3.05, 3.63) is 29.3 Å². The van der Waals surface area contributed by atoms with Crippen molar-refractivity contribution in [3.8, 4) is 0 Å². The predicted molar refractivity (Wildman–Crippen MR) is 85.3 cm³/mol. The molecule has 112 valence electrons. The standard InChI is InChI=1S/C15H22ClNO2S/c1-2-13(18)9-10-17-15(19)4-3-11-20-14-7-5-12(16)6-8-14/h5-8,13,18H,2-4,9-11H2,1H3,(H,17,19). The van der Waals surface area contributed by atoms with Crippen molar-refractivity contribution in [3.63, 3.8) is 0 Å². The van der Waals surface area contributed by atoms with Gasteiger partial charge in [0.15, 0.2) is 0 Å². The van der Waals surface area contributed by atoms with Gasteiger partial charge >= 0.3 is 0 Å². The van der Waals surface area contributed by atoms with E-state index < -0.39 is 0 Å². The number of hydrogen-bond donors (Lipinski definition) is 2. The molecule has 1 amide bonds. The molecule has 2 N–H and O–H groups in total. The first-order valence-electron chi connectivity index (χ1n) is 6.95. The molecule has 1 aromatic carbocycles. The van der Waals surface area contributed by atoms with Crippen molar-refractivity contribution in [2.24, 2.45) is 0 Å². The van der Waals surface area contributed by atoms with Crippen LogP contribution in [-0.4, -0.2) is 29.4 Å². The molecule has 0 fully saturated rings. The molecule has 0 saturated heterocycles. The number of halogens is 1. The number of hydrogen-bond acceptors (Lipinski definition) is 3. The van der Waals surface area contributed by atoms with Gasteiger partial charge in [0.2, 0.25) is 5.91 Å². The van der Waals surface area contributed by atoms with Crippen molar-refractivity contribution in [2.45, 2.75) is 43.6 Å². The van der Waals surface area contributed by atoms with Gasteiger partial charge in [-0.1, -0.05) is 18.5 Å². The molecule has 0 aliphatic heterocycles. The molecule has 0 saturated carbocycles. The zero-order valence-corrected chi connectivity index (χ0v) is 13.3. The summed E-state index contributed by atoms with van der Waals surface area (Å²) in [5.41, 5.74) is 0. The van der Waals surface area contributed by atoms with Crippen LogP contribution < -0.4 is 5.32 Å². The molecule has 0 bridgehead atoms. The van der Waals surface area contributed by atoms with E-state index in [1.807, 2.05) is 31.2 Å². The normalized spacial score (nSPS) is 12.2. The lowest BCUT2D eigenvalue weighted by Crippen LogP contribution is -2.26. The van der Waals surface area contributed by atoms with Crippen molar-refractivity contribution in [2.75, 3.05) is 12.3 Å². The lowest BCUT2D eigenvalue weighted by atomic mass is 10.2. The maximum atomic E-state index is 11.5. The molecule has 1 unspecified atom stereocenters. The van der Waals surface area contributed by atoms with E-state index in [0.717, 1.165) is 23.6 Å². The number of benzene rings is 1. The summed E-state index contributed by atoms with van der Waals surface area (Å²) in [6.07, 6.45) is 2.42. The monoisotopic (exact) mass is 315 g/mol. The number of amides is 1. The smallest absolute Gasteiger partial charge is 0.220 e. The number of aliphatic hydroxyl groups is 1. The number of carbonyl (C=O) groups is 1. The van der Waals surface area contributed by atoms with Crippen LogP contribution in [-0.2, 0) is 4.79 Å². The molecular weight excluding hydrogens is 294 g/mol. The van der Waals surface area contributed by atoms with Crippen molar-refractivity contribution < 1.29 is 9.90 Å². The molecule has 0 aliphatic rings. The molecule has 0 aromatic heterocycles. The highest BCUT2D eigenvalue weighted by molar-refractivity contribution is 7.99. The van der Waals surface area contributed by atoms with Gasteiger partial charge in [0.1, 0.15) is 0 Å². The fraction of sp³-hybridized carbons (Fsp3) is 0.533. The Morgan fingerprint density at radius 3 is 2.75 bits per heavy atom. The summed E-state index contributed by atoms with van der Waals surface area (Å²) in [5, 5.41) is 12.9. The van der Waals surface area contributed by atoms with Crippen LogP contribution in [0.1, 0.15) is 32.6 Å². The molecule has 3 nitrogen and oxygen atoms in total. The first-order valence-corrected chi connectivity index (χ1v) is 8.31. The summed E-state index contributed by atoms with van der Waals surface area (Å²) in [6.45, 7) is 2.48. The lowest BCUT2D eigenvalue weighted by Gasteiger charge is -2.08. The van der Waals surface area contributed by atoms with Crippen LogP contribution in [0.3, 0.4) is 0 Å². The van der Waals surface area contributed by atoms with Crippen molar-refractivity contribution in [1.29, 1.82) is 0 Å². The molecule has 5 heteroatoms. The zero-order chi connectivity index (χ0) is 14.8. The van der Waals surface area contributed by atoms with Crippen LogP contribution >= 0.6 is 23.4 Å². The average Bonchev–Trinajstić information content (AvgIpc) is 2.45. The summed E-state index contributed by atoms with van der Waals surface area (Å²) in [4.78, 5) is 12.7. The van der Waals surface area contributed by atoms with Gasteiger partial charge in [-0.15, -0.1) is 11.8 Å². The minimum absolute atomic E-state index is 0.0602. The fourth-order valence-electron chi connectivity index (χ4n) is 1.62. The van der Waals surface area contributed by atoms with Gasteiger partial charge in [-0.2, -0.15) is 0 Å². The number of nitrogens with one attached hydrogen (secondary N) is 1. The first-order chi connectivity index (χ1) is 9.61. The maximum absolute atomic E-state index is 11.5. The van der Waals surface area contributed by atoms with Crippen LogP contribution in [0.5, 0.6) is 0 Å². The van der Waals surface area contributed by atoms with E-state index in [4.69, 9.17) is 11.6 Å². The van der Waals surface area contributed by atoms with Gasteiger partial charge in [0.25, 0.3) is 0 Å². The van der Waals surface area contributed by atoms with Crippen LogP contribution in [0.15, 0.2) is 29.2 Å². The second kappa shape index (κ2) is 10.1. The summed E-state index contributed by atoms with van der Waals surface area (Å²) in [6, 6.07) is 7.71. The third-order valence-corrected chi connectivity index (χ3v) is 4.25. The Labute approximate surface area is 130 Å². The molecule has 20 heavy (non-hydrogen) atoms. The highest BCUT2D eigenvalue weighted by atomic mass is 35.5. The van der Waals surface area contributed by atoms with Crippen LogP contribution in [0.4, 0.5) is 0 Å². The molecule has 1 rings (SSSR count). The molecule has 0 heterocycles. The van der Waals surface area contributed by atoms with E-state index >= 15 is 0 Å². The van der Waals surface area contributed by atoms with E-state index in [0.29, 0.717) is 19.4 Å². The summed E-state index contributed by atoms with van der Waals surface area (Å²) < 4.78 is 0. The Kier molecular flexibility index (Phi) is 8.74. The third kappa shape index (κ3) is 7.78. The molecule has 1 aromatic rings. The minimum atomic E-state index is -0.309. The van der Waals surface area contributed by atoms with Gasteiger partial charge in [-0.25, -0.2) is 0 Å². The summed E-state index contributed by atoms with van der Waals surface area (Å²) in [7, 11) is 0. The first kappa shape index (κ1) is 17.3. The van der Waals surface area contributed by atoms with Crippen LogP contribution in [0, 0.1) is 0 Å². The second-order valence-electron chi connectivity index (χ2n) is 4.61. The van der Waals surface area contributed by atoms with E-state index in [2.05, 4.69) is 5.32 Å². The molecule has 0 spiro atoms. The Morgan fingerprint density at radius 2 is 2.10 bits per heavy atom. The Bertz CT molecular complexity index is 397. The quantitative estimate of drug-likeness (QED) is 0.542. The van der Waals surface area contributed by atoms with Crippen LogP contribution in [0.25, 0.3) is 0 Å². The molecule has 0 aliphatic carbocycles. The van der Waals surface area contributed by atoms with Gasteiger partial charge in [0.05, 0.1) is 6.10 Å². The lowest BCUT2D eigenvalue weighted by molar-refractivity contribution is -0.121. The second-order valence-corrected chi connectivity index (χ2v) is 6.21. The molecule has 1 atom stereocenters. The Balaban J connectivity index is 2.05. The highest BCUT2D eigenvalue weighted by Crippen LogP contribution is 2.21. The fourth-order valence-corrected chi connectivity index (χ4v) is 2.60. The summed E-state index contributed by atoms with van der Waals surface area (Å²) in [5.74, 6) is 0.970. The van der Waals surface area contributed by atoms with Gasteiger partial charge < -0.3 is 10.4 Å². The third-order valence-electron chi connectivity index (χ3n) is 2.90. The predicted octanol–water partition coefficient (Wildman–Crippen LogP) is 3.49. The maximum Gasteiger partial charge on any atom is 0.220 e. The molecule has 0 radical (unpaired) electrons. The minimum Gasteiger partial charge on any atom is -0.393 e. The average molecular weight is 316 g/mol.